The molecule has 0 aromatic heterocycles. The molecule has 1 saturated heterocycles. The molecule has 0 aromatic rings. The lowest BCUT2D eigenvalue weighted by Crippen LogP contribution is -2.50. The number of hydrogen-bond donors (Lipinski definition) is 1. The van der Waals surface area contributed by atoms with E-state index in [1.54, 1.807) is 0 Å². The zero-order valence-corrected chi connectivity index (χ0v) is 14.0. The molecule has 1 unspecified atom stereocenters. The first-order valence-electron chi connectivity index (χ1n) is 8.69. The number of rotatable bonds is 5. The van der Waals surface area contributed by atoms with Crippen LogP contribution >= 0.6 is 0 Å². The summed E-state index contributed by atoms with van der Waals surface area (Å²) in [6.45, 7) is 5.02. The number of hydrogen-bond acceptors (Lipinski definition) is 3. The summed E-state index contributed by atoms with van der Waals surface area (Å²) in [5, 5.41) is 3.49. The quantitative estimate of drug-likeness (QED) is 0.782. The van der Waals surface area contributed by atoms with Gasteiger partial charge in [0.25, 0.3) is 0 Å². The molecule has 20 heavy (non-hydrogen) atoms. The first kappa shape index (κ1) is 16.3. The van der Waals surface area contributed by atoms with E-state index >= 15 is 0 Å². The molecule has 3 nitrogen and oxygen atoms in total. The second-order valence-electron chi connectivity index (χ2n) is 7.42. The van der Waals surface area contributed by atoms with Crippen molar-refractivity contribution in [2.45, 2.75) is 57.4 Å². The molecule has 1 N–H and O–H groups in total. The number of nitrogens with one attached hydrogen (secondary N) is 1. The third-order valence-corrected chi connectivity index (χ3v) is 5.52. The number of piperidine rings is 1. The topological polar surface area (TPSA) is 18.5 Å². The Balaban J connectivity index is 1.95. The van der Waals surface area contributed by atoms with Gasteiger partial charge in [-0.05, 0) is 58.8 Å². The van der Waals surface area contributed by atoms with Crippen LogP contribution in [0.25, 0.3) is 0 Å². The van der Waals surface area contributed by atoms with Crippen molar-refractivity contribution in [2.24, 2.45) is 5.41 Å². The molecule has 2 rings (SSSR count). The second-order valence-corrected chi connectivity index (χ2v) is 7.42. The fourth-order valence-electron chi connectivity index (χ4n) is 4.40. The highest BCUT2D eigenvalue weighted by molar-refractivity contribution is 4.89. The predicted molar refractivity (Wildman–Crippen MR) is 87.2 cm³/mol. The average molecular weight is 281 g/mol. The van der Waals surface area contributed by atoms with E-state index in [9.17, 15) is 0 Å². The van der Waals surface area contributed by atoms with E-state index in [1.165, 1.54) is 77.5 Å². The van der Waals surface area contributed by atoms with E-state index in [0.29, 0.717) is 5.41 Å². The molecule has 2 aliphatic rings. The minimum atomic E-state index is 0.524. The van der Waals surface area contributed by atoms with Crippen LogP contribution < -0.4 is 5.32 Å². The van der Waals surface area contributed by atoms with Crippen molar-refractivity contribution < 1.29 is 0 Å². The van der Waals surface area contributed by atoms with Crippen molar-refractivity contribution in [1.29, 1.82) is 0 Å². The molecular weight excluding hydrogens is 246 g/mol. The largest absolute Gasteiger partial charge is 0.319 e. The van der Waals surface area contributed by atoms with Gasteiger partial charge in [-0.2, -0.15) is 0 Å². The maximum atomic E-state index is 3.49. The summed E-state index contributed by atoms with van der Waals surface area (Å²) >= 11 is 0. The van der Waals surface area contributed by atoms with Crippen LogP contribution in [0.4, 0.5) is 0 Å². The first-order valence-corrected chi connectivity index (χ1v) is 8.69. The average Bonchev–Trinajstić information content (AvgIpc) is 2.65. The van der Waals surface area contributed by atoms with Crippen molar-refractivity contribution >= 4 is 0 Å². The number of likely N-dealkylation sites (N-methyl/N-ethyl adjacent to an activating group) is 2. The summed E-state index contributed by atoms with van der Waals surface area (Å²) < 4.78 is 0. The highest BCUT2D eigenvalue weighted by atomic mass is 15.2. The van der Waals surface area contributed by atoms with Crippen molar-refractivity contribution in [2.75, 3.05) is 47.3 Å². The van der Waals surface area contributed by atoms with E-state index in [4.69, 9.17) is 0 Å². The zero-order chi connectivity index (χ0) is 14.4. The normalized spacial score (nSPS) is 28.5. The van der Waals surface area contributed by atoms with Gasteiger partial charge in [0.15, 0.2) is 0 Å². The molecule has 118 valence electrons. The Labute approximate surface area is 126 Å². The van der Waals surface area contributed by atoms with Crippen LogP contribution in [-0.2, 0) is 0 Å². The molecular formula is C17H35N3. The van der Waals surface area contributed by atoms with E-state index in [2.05, 4.69) is 36.3 Å². The summed E-state index contributed by atoms with van der Waals surface area (Å²) in [4.78, 5) is 5.18. The van der Waals surface area contributed by atoms with E-state index in [0.717, 1.165) is 6.04 Å². The van der Waals surface area contributed by atoms with Crippen molar-refractivity contribution in [1.82, 2.24) is 15.1 Å². The standard InChI is InChI=1S/C17H35N3/c1-18-14-17(10-6-4-5-7-11-17)15-20(3)16-9-8-12-19(2)13-16/h16,18H,4-15H2,1-3H3. The Kier molecular flexibility index (Phi) is 6.31. The van der Waals surface area contributed by atoms with Gasteiger partial charge >= 0.3 is 0 Å². The fraction of sp³-hybridized carbons (Fsp3) is 1.00. The lowest BCUT2D eigenvalue weighted by atomic mass is 9.79. The van der Waals surface area contributed by atoms with Gasteiger partial charge in [0.05, 0.1) is 0 Å². The van der Waals surface area contributed by atoms with Crippen LogP contribution in [0.1, 0.15) is 51.4 Å². The van der Waals surface area contributed by atoms with Gasteiger partial charge in [-0.15, -0.1) is 0 Å². The summed E-state index contributed by atoms with van der Waals surface area (Å²) in [6.07, 6.45) is 11.3. The van der Waals surface area contributed by atoms with E-state index in [-0.39, 0.29) is 0 Å². The van der Waals surface area contributed by atoms with Gasteiger partial charge in [0.1, 0.15) is 0 Å². The molecule has 0 bridgehead atoms. The Morgan fingerprint density at radius 2 is 1.85 bits per heavy atom. The minimum absolute atomic E-state index is 0.524. The maximum Gasteiger partial charge on any atom is 0.0220 e. The number of likely N-dealkylation sites (tertiary alicyclic amines) is 1. The highest BCUT2D eigenvalue weighted by Gasteiger charge is 2.33. The molecule has 1 aliphatic carbocycles. The Bertz CT molecular complexity index is 271. The Morgan fingerprint density at radius 1 is 1.15 bits per heavy atom. The van der Waals surface area contributed by atoms with Crippen LogP contribution in [0.5, 0.6) is 0 Å². The van der Waals surface area contributed by atoms with Gasteiger partial charge < -0.3 is 15.1 Å². The van der Waals surface area contributed by atoms with Crippen LogP contribution in [0.3, 0.4) is 0 Å². The third kappa shape index (κ3) is 4.44. The molecule has 0 radical (unpaired) electrons. The van der Waals surface area contributed by atoms with Gasteiger partial charge in [0.2, 0.25) is 0 Å². The fourth-order valence-corrected chi connectivity index (χ4v) is 4.40. The van der Waals surface area contributed by atoms with Crippen molar-refractivity contribution in [3.05, 3.63) is 0 Å². The molecule has 1 heterocycles. The SMILES string of the molecule is CNCC1(CN(C)C2CCCN(C)C2)CCCCCC1. The third-order valence-electron chi connectivity index (χ3n) is 5.52. The van der Waals surface area contributed by atoms with Crippen LogP contribution in [-0.4, -0.2) is 63.2 Å². The Morgan fingerprint density at radius 3 is 2.45 bits per heavy atom. The lowest BCUT2D eigenvalue weighted by molar-refractivity contribution is 0.0775. The van der Waals surface area contributed by atoms with Gasteiger partial charge in [-0.3, -0.25) is 0 Å². The monoisotopic (exact) mass is 281 g/mol. The predicted octanol–water partition coefficient (Wildman–Crippen LogP) is 2.57. The van der Waals surface area contributed by atoms with Crippen molar-refractivity contribution in [3.8, 4) is 0 Å². The smallest absolute Gasteiger partial charge is 0.0220 e. The number of nitrogens with zero attached hydrogens (tertiary/aromatic N) is 2. The van der Waals surface area contributed by atoms with Crippen LogP contribution in [0.15, 0.2) is 0 Å². The minimum Gasteiger partial charge on any atom is -0.319 e. The second kappa shape index (κ2) is 7.77. The lowest BCUT2D eigenvalue weighted by Gasteiger charge is -2.42. The molecule has 0 amide bonds. The van der Waals surface area contributed by atoms with Crippen molar-refractivity contribution in [3.63, 3.8) is 0 Å². The maximum absolute atomic E-state index is 3.49. The highest BCUT2D eigenvalue weighted by Crippen LogP contribution is 2.36. The molecule has 1 saturated carbocycles. The van der Waals surface area contributed by atoms with Crippen LogP contribution in [0.2, 0.25) is 0 Å². The molecule has 3 heteroatoms. The molecule has 0 spiro atoms. The molecule has 0 aromatic carbocycles. The molecule has 1 aliphatic heterocycles. The van der Waals surface area contributed by atoms with Gasteiger partial charge in [-0.1, -0.05) is 25.7 Å². The van der Waals surface area contributed by atoms with Gasteiger partial charge in [-0.25, -0.2) is 0 Å². The Hall–Kier alpha value is -0.120. The van der Waals surface area contributed by atoms with Crippen LogP contribution in [0, 0.1) is 5.41 Å². The van der Waals surface area contributed by atoms with E-state index < -0.39 is 0 Å². The molecule has 2 fully saturated rings. The first-order chi connectivity index (χ1) is 9.65. The van der Waals surface area contributed by atoms with Gasteiger partial charge in [0, 0.05) is 25.7 Å². The summed E-state index contributed by atoms with van der Waals surface area (Å²) in [5.74, 6) is 0. The zero-order valence-electron chi connectivity index (χ0n) is 14.0. The summed E-state index contributed by atoms with van der Waals surface area (Å²) in [7, 11) is 6.77. The molecule has 1 atom stereocenters. The summed E-state index contributed by atoms with van der Waals surface area (Å²) in [5.41, 5.74) is 0.524. The van der Waals surface area contributed by atoms with E-state index in [1.807, 2.05) is 0 Å². The summed E-state index contributed by atoms with van der Waals surface area (Å²) in [6, 6.07) is 0.769.